The van der Waals surface area contributed by atoms with Crippen molar-refractivity contribution in [3.8, 4) is 0 Å². The van der Waals surface area contributed by atoms with Crippen LogP contribution in [0.1, 0.15) is 39.9 Å². The first kappa shape index (κ1) is 25.1. The highest BCUT2D eigenvalue weighted by Gasteiger charge is 2.30. The van der Waals surface area contributed by atoms with E-state index in [1.54, 1.807) is 24.8 Å². The first-order chi connectivity index (χ1) is 17.7. The van der Waals surface area contributed by atoms with Crippen molar-refractivity contribution in [2.24, 2.45) is 0 Å². The van der Waals surface area contributed by atoms with Gasteiger partial charge in [-0.15, -0.1) is 0 Å². The number of fused-ring (bicyclic) bond motifs is 1. The summed E-state index contributed by atoms with van der Waals surface area (Å²) in [6, 6.07) is 6.28. The number of carbonyl (C=O) groups is 1. The van der Waals surface area contributed by atoms with Crippen molar-refractivity contribution in [2.45, 2.75) is 25.2 Å². The Bertz CT molecular complexity index is 1400. The summed E-state index contributed by atoms with van der Waals surface area (Å²) in [5, 5.41) is 15.5. The molecule has 9 nitrogen and oxygen atoms in total. The number of carbonyl (C=O) groups excluding carboxylic acids is 1. The Balaban J connectivity index is 1.23. The average Bonchev–Trinajstić information content (AvgIpc) is 3.48. The molecular formula is C24H24F3N7O2S. The van der Waals surface area contributed by atoms with E-state index in [0.29, 0.717) is 22.9 Å². The maximum Gasteiger partial charge on any atom is 0.416 e. The third-order valence-corrected chi connectivity index (χ3v) is 7.30. The lowest BCUT2D eigenvalue weighted by Gasteiger charge is -2.39. The largest absolute Gasteiger partial charge is 0.416 e. The van der Waals surface area contributed by atoms with Gasteiger partial charge in [0.2, 0.25) is 0 Å². The van der Waals surface area contributed by atoms with E-state index in [2.05, 4.69) is 30.5 Å². The van der Waals surface area contributed by atoms with E-state index in [4.69, 9.17) is 5.11 Å². The zero-order chi connectivity index (χ0) is 26.2. The minimum atomic E-state index is -4.39. The van der Waals surface area contributed by atoms with Gasteiger partial charge >= 0.3 is 6.18 Å². The van der Waals surface area contributed by atoms with E-state index < -0.39 is 11.7 Å². The standard InChI is InChI=1S/C24H24F3N7O2S/c1-14(21-10-29-23(37-21)32-16-4-2-15(3-5-16)24(25,26)27)31-22(36)18-8-20-19(9-28-18)30-13-34(20)17-11-33(12-17)6-7-35/h2-5,8-10,13-14,17,35H,6-7,11-12H2,1H3,(H,29,32)(H,31,36). The molecule has 13 heteroatoms. The lowest BCUT2D eigenvalue weighted by atomic mass is 10.1. The molecule has 1 aromatic carbocycles. The predicted octanol–water partition coefficient (Wildman–Crippen LogP) is 3.99. The number of thiazole rings is 1. The Hall–Kier alpha value is -3.55. The number of aliphatic hydroxyl groups is 1. The van der Waals surface area contributed by atoms with Gasteiger partial charge in [-0.1, -0.05) is 11.3 Å². The quantitative estimate of drug-likeness (QED) is 0.316. The monoisotopic (exact) mass is 531 g/mol. The summed E-state index contributed by atoms with van der Waals surface area (Å²) in [4.78, 5) is 28.8. The number of anilines is 2. The highest BCUT2D eigenvalue weighted by molar-refractivity contribution is 7.15. The maximum atomic E-state index is 12.9. The van der Waals surface area contributed by atoms with E-state index >= 15 is 0 Å². The second-order valence-electron chi connectivity index (χ2n) is 8.81. The van der Waals surface area contributed by atoms with Crippen LogP contribution in [0.4, 0.5) is 24.0 Å². The summed E-state index contributed by atoms with van der Waals surface area (Å²) >= 11 is 1.29. The number of β-amino-alcohol motifs (C(OH)–C–C–N with tert-alkyl or cyclic N) is 1. The number of hydrogen-bond acceptors (Lipinski definition) is 8. The summed E-state index contributed by atoms with van der Waals surface area (Å²) in [6.45, 7) is 4.19. The number of nitrogens with one attached hydrogen (secondary N) is 2. The zero-order valence-electron chi connectivity index (χ0n) is 19.7. The van der Waals surface area contributed by atoms with Crippen molar-refractivity contribution in [3.05, 3.63) is 65.2 Å². The number of rotatable bonds is 8. The van der Waals surface area contributed by atoms with Crippen molar-refractivity contribution < 1.29 is 23.1 Å². The fourth-order valence-electron chi connectivity index (χ4n) is 4.14. The molecule has 0 spiro atoms. The second kappa shape index (κ2) is 10.1. The van der Waals surface area contributed by atoms with E-state index in [9.17, 15) is 18.0 Å². The number of imidazole rings is 1. The lowest BCUT2D eigenvalue weighted by Crippen LogP contribution is -2.48. The average molecular weight is 532 g/mol. The van der Waals surface area contributed by atoms with Crippen LogP contribution < -0.4 is 10.6 Å². The van der Waals surface area contributed by atoms with Gasteiger partial charge in [-0.2, -0.15) is 13.2 Å². The summed E-state index contributed by atoms with van der Waals surface area (Å²) in [5.74, 6) is -0.344. The Morgan fingerprint density at radius 1 is 1.19 bits per heavy atom. The van der Waals surface area contributed by atoms with E-state index in [1.165, 1.54) is 23.5 Å². The third kappa shape index (κ3) is 5.43. The molecule has 1 atom stereocenters. The summed E-state index contributed by atoms with van der Waals surface area (Å²) in [7, 11) is 0. The van der Waals surface area contributed by atoms with E-state index in [0.717, 1.165) is 35.6 Å². The molecule has 1 aliphatic heterocycles. The van der Waals surface area contributed by atoms with Crippen LogP contribution in [0.3, 0.4) is 0 Å². The summed E-state index contributed by atoms with van der Waals surface area (Å²) in [6.07, 6.45) is 0.551. The smallest absolute Gasteiger partial charge is 0.395 e. The number of hydrogen-bond donors (Lipinski definition) is 3. The van der Waals surface area contributed by atoms with Crippen LogP contribution in [-0.4, -0.2) is 61.7 Å². The minimum Gasteiger partial charge on any atom is -0.395 e. The molecule has 1 fully saturated rings. The van der Waals surface area contributed by atoms with Crippen LogP contribution in [0.15, 0.2) is 49.1 Å². The van der Waals surface area contributed by atoms with Gasteiger partial charge in [0.15, 0.2) is 5.13 Å². The van der Waals surface area contributed by atoms with Gasteiger partial charge in [-0.05, 0) is 37.3 Å². The number of aromatic nitrogens is 4. The van der Waals surface area contributed by atoms with Crippen LogP contribution in [-0.2, 0) is 6.18 Å². The van der Waals surface area contributed by atoms with Crippen LogP contribution in [0, 0.1) is 0 Å². The summed E-state index contributed by atoms with van der Waals surface area (Å²) in [5.41, 5.74) is 1.54. The molecule has 0 saturated carbocycles. The highest BCUT2D eigenvalue weighted by atomic mass is 32.1. The highest BCUT2D eigenvalue weighted by Crippen LogP contribution is 2.32. The Morgan fingerprint density at radius 3 is 2.65 bits per heavy atom. The Labute approximate surface area is 214 Å². The molecule has 1 unspecified atom stereocenters. The zero-order valence-corrected chi connectivity index (χ0v) is 20.6. The first-order valence-corrected chi connectivity index (χ1v) is 12.4. The van der Waals surface area contributed by atoms with Crippen LogP contribution in [0.25, 0.3) is 11.0 Å². The van der Waals surface area contributed by atoms with Crippen LogP contribution in [0.2, 0.25) is 0 Å². The molecule has 37 heavy (non-hydrogen) atoms. The molecule has 1 amide bonds. The molecule has 4 heterocycles. The van der Waals surface area contributed by atoms with Crippen molar-refractivity contribution in [3.63, 3.8) is 0 Å². The Kier molecular flexibility index (Phi) is 6.84. The SMILES string of the molecule is CC(NC(=O)c1cc2c(cn1)ncn2C1CN(CCO)C1)c1cnc(Nc2ccc(C(F)(F)F)cc2)s1. The van der Waals surface area contributed by atoms with Gasteiger partial charge in [0.25, 0.3) is 5.91 Å². The number of benzene rings is 1. The van der Waals surface area contributed by atoms with Gasteiger partial charge in [-0.25, -0.2) is 15.0 Å². The van der Waals surface area contributed by atoms with Crippen molar-refractivity contribution in [1.29, 1.82) is 0 Å². The Morgan fingerprint density at radius 2 is 1.95 bits per heavy atom. The molecule has 0 radical (unpaired) electrons. The second-order valence-corrected chi connectivity index (χ2v) is 9.87. The third-order valence-electron chi connectivity index (χ3n) is 6.20. The number of halogens is 3. The summed E-state index contributed by atoms with van der Waals surface area (Å²) < 4.78 is 40.3. The number of amides is 1. The number of nitrogens with zero attached hydrogens (tertiary/aromatic N) is 5. The topological polar surface area (TPSA) is 108 Å². The first-order valence-electron chi connectivity index (χ1n) is 11.6. The maximum absolute atomic E-state index is 12.9. The lowest BCUT2D eigenvalue weighted by molar-refractivity contribution is -0.137. The molecule has 5 rings (SSSR count). The molecule has 4 aromatic rings. The minimum absolute atomic E-state index is 0.121. The molecule has 194 valence electrons. The number of aliphatic hydroxyl groups excluding tert-OH is 1. The van der Waals surface area contributed by atoms with Gasteiger partial charge in [0.05, 0.1) is 42.3 Å². The van der Waals surface area contributed by atoms with Crippen molar-refractivity contribution in [1.82, 2.24) is 29.7 Å². The molecular weight excluding hydrogens is 507 g/mol. The predicted molar refractivity (Wildman–Crippen MR) is 133 cm³/mol. The van der Waals surface area contributed by atoms with E-state index in [1.807, 2.05) is 11.5 Å². The van der Waals surface area contributed by atoms with Gasteiger partial charge in [-0.3, -0.25) is 9.69 Å². The molecule has 1 saturated heterocycles. The van der Waals surface area contributed by atoms with Crippen LogP contribution >= 0.6 is 11.3 Å². The fraction of sp³-hybridized carbons (Fsp3) is 0.333. The van der Waals surface area contributed by atoms with Gasteiger partial charge in [0.1, 0.15) is 11.2 Å². The molecule has 3 N–H and O–H groups in total. The van der Waals surface area contributed by atoms with E-state index in [-0.39, 0.29) is 30.3 Å². The molecule has 1 aliphatic rings. The number of pyridine rings is 1. The molecule has 3 aromatic heterocycles. The van der Waals surface area contributed by atoms with Crippen molar-refractivity contribution >= 4 is 39.1 Å². The van der Waals surface area contributed by atoms with Crippen LogP contribution in [0.5, 0.6) is 0 Å². The number of likely N-dealkylation sites (tertiary alicyclic amines) is 1. The number of alkyl halides is 3. The normalized spacial score (nSPS) is 15.5. The fourth-order valence-corrected chi connectivity index (χ4v) is 4.98. The van der Waals surface area contributed by atoms with Gasteiger partial charge < -0.3 is 20.3 Å². The van der Waals surface area contributed by atoms with Crippen molar-refractivity contribution in [2.75, 3.05) is 31.6 Å². The molecule has 0 aliphatic carbocycles. The van der Waals surface area contributed by atoms with Gasteiger partial charge in [0, 0.05) is 36.4 Å². The molecule has 0 bridgehead atoms.